The highest BCUT2D eigenvalue weighted by Gasteiger charge is 2.31. The summed E-state index contributed by atoms with van der Waals surface area (Å²) >= 11 is 1.19. The summed E-state index contributed by atoms with van der Waals surface area (Å²) in [7, 11) is 1.28. The molecule has 0 radical (unpaired) electrons. The standard InChI is InChI=1S/C27H26N2O7S/c1-5-34-21-11-10-18(14-22(21)35-6-2)24-20(26(32)33-4)15-28-27-29(24)25(31)23(37-27)13-17-8-7-9-19(12-17)36-16(3)30/h7-15,24H,5-6H2,1-4H3/b23-13+/t24-/m1/s1. The maximum atomic E-state index is 13.7. The minimum absolute atomic E-state index is 0.213. The second-order valence-corrected chi connectivity index (χ2v) is 8.92. The average Bonchev–Trinajstić information content (AvgIpc) is 3.19. The van der Waals surface area contributed by atoms with Crippen LogP contribution in [0.15, 0.2) is 64.0 Å². The van der Waals surface area contributed by atoms with Crippen LogP contribution in [0.25, 0.3) is 6.08 Å². The quantitative estimate of drug-likeness (QED) is 0.331. The van der Waals surface area contributed by atoms with Gasteiger partial charge in [0.15, 0.2) is 16.3 Å². The highest BCUT2D eigenvalue weighted by Crippen LogP contribution is 2.35. The Bertz CT molecular complexity index is 1550. The van der Waals surface area contributed by atoms with Gasteiger partial charge in [-0.05, 0) is 55.3 Å². The molecular weight excluding hydrogens is 496 g/mol. The molecule has 0 N–H and O–H groups in total. The van der Waals surface area contributed by atoms with E-state index < -0.39 is 18.0 Å². The molecule has 0 saturated carbocycles. The maximum Gasteiger partial charge on any atom is 0.337 e. The number of carbonyl (C=O) groups excluding carboxylic acids is 2. The summed E-state index contributed by atoms with van der Waals surface area (Å²) in [5, 5.41) is 0. The van der Waals surface area contributed by atoms with Gasteiger partial charge in [-0.15, -0.1) is 0 Å². The highest BCUT2D eigenvalue weighted by molar-refractivity contribution is 7.07. The number of fused-ring (bicyclic) bond motifs is 1. The van der Waals surface area contributed by atoms with Gasteiger partial charge in [-0.25, -0.2) is 9.79 Å². The summed E-state index contributed by atoms with van der Waals surface area (Å²) in [6.45, 7) is 5.93. The summed E-state index contributed by atoms with van der Waals surface area (Å²) in [5.41, 5.74) is 1.20. The number of thiazole rings is 1. The van der Waals surface area contributed by atoms with Crippen LogP contribution in [0, 0.1) is 0 Å². The van der Waals surface area contributed by atoms with E-state index in [0.29, 0.717) is 50.9 Å². The van der Waals surface area contributed by atoms with E-state index in [1.807, 2.05) is 13.8 Å². The molecule has 3 aromatic rings. The first-order chi connectivity index (χ1) is 17.9. The first-order valence-electron chi connectivity index (χ1n) is 11.6. The Morgan fingerprint density at radius 2 is 1.84 bits per heavy atom. The van der Waals surface area contributed by atoms with Gasteiger partial charge in [0.25, 0.3) is 5.56 Å². The zero-order chi connectivity index (χ0) is 26.5. The number of nitrogens with zero attached hydrogens (tertiary/aromatic N) is 2. The molecule has 1 aromatic heterocycles. The molecular formula is C27H26N2O7S. The second-order valence-electron chi connectivity index (χ2n) is 7.91. The van der Waals surface area contributed by atoms with Gasteiger partial charge >= 0.3 is 11.9 Å². The number of ether oxygens (including phenoxy) is 4. The molecule has 37 heavy (non-hydrogen) atoms. The lowest BCUT2D eigenvalue weighted by Crippen LogP contribution is -2.39. The van der Waals surface area contributed by atoms with Crippen molar-refractivity contribution in [2.75, 3.05) is 20.3 Å². The molecule has 2 aromatic carbocycles. The Labute approximate surface area is 216 Å². The van der Waals surface area contributed by atoms with Gasteiger partial charge in [-0.3, -0.25) is 14.2 Å². The van der Waals surface area contributed by atoms with Crippen molar-refractivity contribution in [3.8, 4) is 17.2 Å². The van der Waals surface area contributed by atoms with Crippen LogP contribution in [-0.4, -0.2) is 36.8 Å². The van der Waals surface area contributed by atoms with E-state index in [4.69, 9.17) is 18.9 Å². The Balaban J connectivity index is 1.87. The van der Waals surface area contributed by atoms with Gasteiger partial charge in [-0.2, -0.15) is 0 Å². The van der Waals surface area contributed by atoms with Crippen LogP contribution in [0.3, 0.4) is 0 Å². The average molecular weight is 523 g/mol. The fraction of sp³-hybridized carbons (Fsp3) is 0.259. The predicted molar refractivity (Wildman–Crippen MR) is 138 cm³/mol. The molecule has 0 unspecified atom stereocenters. The molecule has 0 fully saturated rings. The van der Waals surface area contributed by atoms with E-state index in [1.54, 1.807) is 48.5 Å². The first kappa shape index (κ1) is 25.9. The Kier molecular flexibility index (Phi) is 7.88. The molecule has 0 amide bonds. The van der Waals surface area contributed by atoms with Gasteiger partial charge in [0.1, 0.15) is 5.75 Å². The monoisotopic (exact) mass is 522 g/mol. The highest BCUT2D eigenvalue weighted by atomic mass is 32.1. The zero-order valence-electron chi connectivity index (χ0n) is 20.8. The summed E-state index contributed by atoms with van der Waals surface area (Å²) in [6.07, 6.45) is 3.13. The molecule has 0 aliphatic carbocycles. The molecule has 192 valence electrons. The third kappa shape index (κ3) is 5.49. The summed E-state index contributed by atoms with van der Waals surface area (Å²) in [4.78, 5) is 42.5. The smallest absolute Gasteiger partial charge is 0.337 e. The number of benzene rings is 2. The zero-order valence-corrected chi connectivity index (χ0v) is 21.7. The largest absolute Gasteiger partial charge is 0.490 e. The maximum absolute atomic E-state index is 13.7. The molecule has 10 heteroatoms. The molecule has 1 atom stereocenters. The van der Waals surface area contributed by atoms with Crippen LogP contribution in [-0.2, 0) is 14.3 Å². The van der Waals surface area contributed by atoms with Gasteiger partial charge in [0.05, 0.1) is 36.5 Å². The van der Waals surface area contributed by atoms with Crippen molar-refractivity contribution in [3.63, 3.8) is 0 Å². The number of hydrogen-bond donors (Lipinski definition) is 0. The molecule has 0 bridgehead atoms. The lowest BCUT2D eigenvalue weighted by Gasteiger charge is -2.23. The number of hydrogen-bond acceptors (Lipinski definition) is 9. The Hall–Kier alpha value is -4.18. The molecule has 1 aliphatic heterocycles. The fourth-order valence-electron chi connectivity index (χ4n) is 3.97. The van der Waals surface area contributed by atoms with Gasteiger partial charge in [0, 0.05) is 13.1 Å². The Morgan fingerprint density at radius 1 is 1.08 bits per heavy atom. The molecule has 0 spiro atoms. The summed E-state index contributed by atoms with van der Waals surface area (Å²) in [6, 6.07) is 11.4. The van der Waals surface area contributed by atoms with E-state index in [0.717, 1.165) is 0 Å². The number of rotatable bonds is 8. The van der Waals surface area contributed by atoms with Crippen LogP contribution in [0.4, 0.5) is 0 Å². The van der Waals surface area contributed by atoms with Crippen molar-refractivity contribution >= 4 is 29.4 Å². The normalized spacial score (nSPS) is 14.8. The topological polar surface area (TPSA) is 105 Å². The van der Waals surface area contributed by atoms with E-state index in [2.05, 4.69) is 4.99 Å². The lowest BCUT2D eigenvalue weighted by molar-refractivity contribution is -0.136. The van der Waals surface area contributed by atoms with Crippen LogP contribution in [0.1, 0.15) is 37.9 Å². The third-order valence-corrected chi connectivity index (χ3v) is 6.42. The minimum Gasteiger partial charge on any atom is -0.490 e. The van der Waals surface area contributed by atoms with Gasteiger partial charge in [0.2, 0.25) is 0 Å². The molecule has 9 nitrogen and oxygen atoms in total. The van der Waals surface area contributed by atoms with Crippen LogP contribution in [0.2, 0.25) is 0 Å². The minimum atomic E-state index is -0.784. The summed E-state index contributed by atoms with van der Waals surface area (Å²) < 4.78 is 23.5. The molecule has 4 rings (SSSR count). The van der Waals surface area contributed by atoms with Gasteiger partial charge in [-0.1, -0.05) is 29.5 Å². The number of methoxy groups -OCH3 is 1. The SMILES string of the molecule is CCOc1ccc([C@@H]2C(C(=O)OC)=CN=c3s/c(=C/c4cccc(OC(C)=O)c4)c(=O)n32)cc1OCC. The lowest BCUT2D eigenvalue weighted by atomic mass is 9.97. The number of carbonyl (C=O) groups is 2. The van der Waals surface area contributed by atoms with Crippen molar-refractivity contribution < 1.29 is 28.5 Å². The van der Waals surface area contributed by atoms with Crippen molar-refractivity contribution in [2.45, 2.75) is 26.8 Å². The van der Waals surface area contributed by atoms with Gasteiger partial charge < -0.3 is 18.9 Å². The summed E-state index contributed by atoms with van der Waals surface area (Å²) in [5.74, 6) is 0.416. The van der Waals surface area contributed by atoms with E-state index >= 15 is 0 Å². The van der Waals surface area contributed by atoms with E-state index in [9.17, 15) is 14.4 Å². The second kappa shape index (κ2) is 11.3. The molecule has 1 aliphatic rings. The molecule has 0 saturated heterocycles. The fourth-order valence-corrected chi connectivity index (χ4v) is 4.94. The number of aromatic nitrogens is 1. The third-order valence-electron chi connectivity index (χ3n) is 5.43. The van der Waals surface area contributed by atoms with Crippen molar-refractivity contribution in [3.05, 3.63) is 85.1 Å². The van der Waals surface area contributed by atoms with E-state index in [1.165, 1.54) is 36.1 Å². The van der Waals surface area contributed by atoms with Crippen LogP contribution in [0.5, 0.6) is 17.2 Å². The first-order valence-corrected chi connectivity index (χ1v) is 12.4. The van der Waals surface area contributed by atoms with Crippen molar-refractivity contribution in [1.82, 2.24) is 4.57 Å². The van der Waals surface area contributed by atoms with E-state index in [-0.39, 0.29) is 11.1 Å². The Morgan fingerprint density at radius 3 is 2.54 bits per heavy atom. The van der Waals surface area contributed by atoms with Crippen molar-refractivity contribution in [2.24, 2.45) is 4.99 Å². The van der Waals surface area contributed by atoms with Crippen molar-refractivity contribution in [1.29, 1.82) is 0 Å². The van der Waals surface area contributed by atoms with Crippen LogP contribution < -0.4 is 29.1 Å². The predicted octanol–water partition coefficient (Wildman–Crippen LogP) is 2.74. The number of esters is 2. The molecule has 2 heterocycles. The van der Waals surface area contributed by atoms with Crippen LogP contribution >= 0.6 is 11.3 Å².